The van der Waals surface area contributed by atoms with Crippen LogP contribution in [-0.2, 0) is 4.74 Å². The molecular formula is C14H26N4O3. The first-order valence-corrected chi connectivity index (χ1v) is 7.48. The first-order chi connectivity index (χ1) is 9.85. The van der Waals surface area contributed by atoms with E-state index in [9.17, 15) is 4.79 Å². The third-order valence-corrected chi connectivity index (χ3v) is 3.50. The molecule has 1 amide bonds. The van der Waals surface area contributed by atoms with E-state index in [1.54, 1.807) is 4.90 Å². The maximum Gasteiger partial charge on any atom is 0.410 e. The first kappa shape index (κ1) is 17.6. The molecule has 2 unspecified atom stereocenters. The zero-order chi connectivity index (χ0) is 15.9. The van der Waals surface area contributed by atoms with Crippen molar-refractivity contribution < 1.29 is 14.6 Å². The van der Waals surface area contributed by atoms with Crippen molar-refractivity contribution in [2.75, 3.05) is 19.7 Å². The fourth-order valence-corrected chi connectivity index (χ4v) is 2.48. The van der Waals surface area contributed by atoms with E-state index in [0.29, 0.717) is 18.9 Å². The van der Waals surface area contributed by atoms with E-state index in [1.165, 1.54) is 0 Å². The molecular weight excluding hydrogens is 272 g/mol. The largest absolute Gasteiger partial charge is 0.444 e. The Labute approximate surface area is 125 Å². The number of piperidine rings is 1. The lowest BCUT2D eigenvalue weighted by atomic mass is 9.92. The van der Waals surface area contributed by atoms with Gasteiger partial charge >= 0.3 is 6.09 Å². The standard InChI is InChI=1S/C14H26N4O3/c1-14(2,3)21-13(20)18-8-4-5-11(9-18)6-7-12(10-19)16-17-15/h11-12,19H,4-10H2,1-3H3. The summed E-state index contributed by atoms with van der Waals surface area (Å²) in [4.78, 5) is 16.5. The van der Waals surface area contributed by atoms with E-state index >= 15 is 0 Å². The van der Waals surface area contributed by atoms with Crippen LogP contribution < -0.4 is 0 Å². The van der Waals surface area contributed by atoms with Gasteiger partial charge in [-0.05, 0) is 57.9 Å². The number of carbonyl (C=O) groups excluding carboxylic acids is 1. The predicted molar refractivity (Wildman–Crippen MR) is 79.8 cm³/mol. The summed E-state index contributed by atoms with van der Waals surface area (Å²) in [6, 6.07) is -0.369. The van der Waals surface area contributed by atoms with E-state index in [4.69, 9.17) is 15.4 Å². The van der Waals surface area contributed by atoms with Crippen molar-refractivity contribution in [2.45, 2.75) is 58.1 Å². The van der Waals surface area contributed by atoms with Crippen molar-refractivity contribution in [1.82, 2.24) is 4.90 Å². The monoisotopic (exact) mass is 298 g/mol. The van der Waals surface area contributed by atoms with Gasteiger partial charge in [0.1, 0.15) is 5.60 Å². The van der Waals surface area contributed by atoms with Gasteiger partial charge in [0.05, 0.1) is 12.6 Å². The topological polar surface area (TPSA) is 98.5 Å². The Bertz CT molecular complexity index is 388. The average Bonchev–Trinajstić information content (AvgIpc) is 2.42. The fraction of sp³-hybridized carbons (Fsp3) is 0.929. The van der Waals surface area contributed by atoms with Crippen LogP contribution in [0.25, 0.3) is 10.4 Å². The van der Waals surface area contributed by atoms with E-state index in [0.717, 1.165) is 25.8 Å². The first-order valence-electron chi connectivity index (χ1n) is 7.48. The van der Waals surface area contributed by atoms with Gasteiger partial charge in [0.25, 0.3) is 0 Å². The van der Waals surface area contributed by atoms with Crippen molar-refractivity contribution in [2.24, 2.45) is 11.0 Å². The van der Waals surface area contributed by atoms with Gasteiger partial charge in [-0.15, -0.1) is 0 Å². The van der Waals surface area contributed by atoms with E-state index in [-0.39, 0.29) is 18.7 Å². The molecule has 21 heavy (non-hydrogen) atoms. The molecule has 7 nitrogen and oxygen atoms in total. The molecule has 2 atom stereocenters. The Kier molecular flexibility index (Phi) is 6.78. The van der Waals surface area contributed by atoms with Crippen LogP contribution in [0, 0.1) is 5.92 Å². The van der Waals surface area contributed by atoms with Crippen molar-refractivity contribution in [1.29, 1.82) is 0 Å². The third-order valence-electron chi connectivity index (χ3n) is 3.50. The van der Waals surface area contributed by atoms with Crippen LogP contribution in [0.5, 0.6) is 0 Å². The van der Waals surface area contributed by atoms with Crippen molar-refractivity contribution in [3.05, 3.63) is 10.4 Å². The molecule has 7 heteroatoms. The van der Waals surface area contributed by atoms with Crippen molar-refractivity contribution in [3.8, 4) is 0 Å². The zero-order valence-electron chi connectivity index (χ0n) is 13.2. The highest BCUT2D eigenvalue weighted by Gasteiger charge is 2.27. The molecule has 120 valence electrons. The molecule has 1 rings (SSSR count). The lowest BCUT2D eigenvalue weighted by Crippen LogP contribution is -2.43. The molecule has 0 radical (unpaired) electrons. The maximum atomic E-state index is 12.1. The van der Waals surface area contributed by atoms with Crippen LogP contribution in [-0.4, -0.2) is 47.4 Å². The zero-order valence-corrected chi connectivity index (χ0v) is 13.2. The number of likely N-dealkylation sites (tertiary alicyclic amines) is 1. The summed E-state index contributed by atoms with van der Waals surface area (Å²) in [6.45, 7) is 6.84. The number of carbonyl (C=O) groups is 1. The van der Waals surface area contributed by atoms with Crippen molar-refractivity contribution in [3.63, 3.8) is 0 Å². The Morgan fingerprint density at radius 1 is 1.57 bits per heavy atom. The lowest BCUT2D eigenvalue weighted by molar-refractivity contribution is 0.0159. The summed E-state index contributed by atoms with van der Waals surface area (Å²) >= 11 is 0. The Morgan fingerprint density at radius 3 is 2.86 bits per heavy atom. The molecule has 0 bridgehead atoms. The van der Waals surface area contributed by atoms with Crippen LogP contribution in [0.3, 0.4) is 0 Å². The molecule has 0 aromatic rings. The lowest BCUT2D eigenvalue weighted by Gasteiger charge is -2.34. The summed E-state index contributed by atoms with van der Waals surface area (Å²) < 4.78 is 5.39. The molecule has 0 aromatic heterocycles. The number of nitrogens with zero attached hydrogens (tertiary/aromatic N) is 4. The number of azide groups is 1. The second-order valence-corrected chi connectivity index (χ2v) is 6.55. The molecule has 0 spiro atoms. The number of hydrogen-bond donors (Lipinski definition) is 1. The van der Waals surface area contributed by atoms with Gasteiger partial charge in [0, 0.05) is 18.0 Å². The number of aliphatic hydroxyl groups is 1. The molecule has 1 N–H and O–H groups in total. The highest BCUT2D eigenvalue weighted by atomic mass is 16.6. The Hall–Kier alpha value is -1.46. The smallest absolute Gasteiger partial charge is 0.410 e. The predicted octanol–water partition coefficient (Wildman–Crippen LogP) is 3.08. The molecule has 1 fully saturated rings. The number of aliphatic hydroxyl groups excluding tert-OH is 1. The Morgan fingerprint density at radius 2 is 2.29 bits per heavy atom. The number of rotatable bonds is 5. The number of hydrogen-bond acceptors (Lipinski definition) is 4. The minimum Gasteiger partial charge on any atom is -0.444 e. The normalized spacial score (nSPS) is 20.6. The molecule has 1 heterocycles. The van der Waals surface area contributed by atoms with Crippen LogP contribution in [0.15, 0.2) is 5.11 Å². The summed E-state index contributed by atoms with van der Waals surface area (Å²) in [5.74, 6) is 0.370. The highest BCUT2D eigenvalue weighted by molar-refractivity contribution is 5.68. The maximum absolute atomic E-state index is 12.1. The summed E-state index contributed by atoms with van der Waals surface area (Å²) in [5.41, 5.74) is 7.93. The molecule has 0 aromatic carbocycles. The SMILES string of the molecule is CC(C)(C)OC(=O)N1CCCC(CCC(CO)N=[N+]=[N-])C1. The van der Waals surface area contributed by atoms with Crippen LogP contribution in [0.1, 0.15) is 46.5 Å². The Balaban J connectivity index is 2.45. The molecule has 1 saturated heterocycles. The van der Waals surface area contributed by atoms with Crippen molar-refractivity contribution >= 4 is 6.09 Å². The minimum absolute atomic E-state index is 0.132. The van der Waals surface area contributed by atoms with Crippen LogP contribution >= 0.6 is 0 Å². The van der Waals surface area contributed by atoms with Gasteiger partial charge in [-0.2, -0.15) is 0 Å². The minimum atomic E-state index is -0.479. The second kappa shape index (κ2) is 8.10. The summed E-state index contributed by atoms with van der Waals surface area (Å²) in [5, 5.41) is 12.7. The molecule has 1 aliphatic rings. The van der Waals surface area contributed by atoms with Gasteiger partial charge in [-0.3, -0.25) is 0 Å². The summed E-state index contributed by atoms with van der Waals surface area (Å²) in [6.07, 6.45) is 3.22. The quantitative estimate of drug-likeness (QED) is 0.479. The number of amides is 1. The van der Waals surface area contributed by atoms with Gasteiger partial charge < -0.3 is 14.7 Å². The van der Waals surface area contributed by atoms with Gasteiger partial charge in [0.2, 0.25) is 0 Å². The molecule has 1 aliphatic heterocycles. The van der Waals surface area contributed by atoms with Gasteiger partial charge in [-0.1, -0.05) is 5.11 Å². The second-order valence-electron chi connectivity index (χ2n) is 6.55. The number of ether oxygens (including phenoxy) is 1. The highest BCUT2D eigenvalue weighted by Crippen LogP contribution is 2.23. The van der Waals surface area contributed by atoms with Gasteiger partial charge in [0.15, 0.2) is 0 Å². The summed E-state index contributed by atoms with van der Waals surface area (Å²) in [7, 11) is 0. The molecule has 0 aliphatic carbocycles. The molecule has 0 saturated carbocycles. The van der Waals surface area contributed by atoms with E-state index in [1.807, 2.05) is 20.8 Å². The average molecular weight is 298 g/mol. The van der Waals surface area contributed by atoms with Crippen LogP contribution in [0.2, 0.25) is 0 Å². The van der Waals surface area contributed by atoms with E-state index < -0.39 is 5.60 Å². The fourth-order valence-electron chi connectivity index (χ4n) is 2.48. The third kappa shape index (κ3) is 6.69. The van der Waals surface area contributed by atoms with Gasteiger partial charge in [-0.25, -0.2) is 4.79 Å². The van der Waals surface area contributed by atoms with Crippen LogP contribution in [0.4, 0.5) is 4.79 Å². The van der Waals surface area contributed by atoms with E-state index in [2.05, 4.69) is 10.0 Å².